The molecule has 0 spiro atoms. The van der Waals surface area contributed by atoms with Crippen molar-refractivity contribution in [3.8, 4) is 5.69 Å². The van der Waals surface area contributed by atoms with Crippen LogP contribution in [0.25, 0.3) is 5.69 Å². The molecular formula is C18H11F6N4O3+. The second-order valence-corrected chi connectivity index (χ2v) is 6.50. The van der Waals surface area contributed by atoms with E-state index < -0.39 is 52.1 Å². The summed E-state index contributed by atoms with van der Waals surface area (Å²) in [5, 5.41) is 2.30. The number of fused-ring (bicyclic) bond motifs is 1. The fraction of sp³-hybridized carbons (Fsp3) is 0.167. The monoisotopic (exact) mass is 445 g/mol. The Labute approximate surface area is 167 Å². The van der Waals surface area contributed by atoms with Crippen LogP contribution in [0.15, 0.2) is 62.7 Å². The number of rotatable bonds is 2. The molecule has 0 saturated heterocycles. The number of aromatic nitrogens is 2. The van der Waals surface area contributed by atoms with Gasteiger partial charge in [-0.05, 0) is 24.3 Å². The number of nitrogens with one attached hydrogen (secondary N) is 3. The van der Waals surface area contributed by atoms with Gasteiger partial charge in [0.1, 0.15) is 5.56 Å². The summed E-state index contributed by atoms with van der Waals surface area (Å²) in [4.78, 5) is 27.8. The van der Waals surface area contributed by atoms with Gasteiger partial charge < -0.3 is 4.42 Å². The molecule has 162 valence electrons. The Kier molecular flexibility index (Phi) is 4.38. The highest BCUT2D eigenvalue weighted by molar-refractivity contribution is 6.03. The second kappa shape index (κ2) is 6.62. The molecular weight excluding hydrogens is 434 g/mol. The molecule has 13 heteroatoms. The van der Waals surface area contributed by atoms with E-state index in [0.717, 1.165) is 12.3 Å². The first-order valence-corrected chi connectivity index (χ1v) is 8.52. The number of alkyl halides is 6. The largest absolute Gasteiger partial charge is 0.456 e. The maximum Gasteiger partial charge on any atom is 0.446 e. The summed E-state index contributed by atoms with van der Waals surface area (Å²) in [6.07, 6.45) is -11.0. The minimum absolute atomic E-state index is 0.0774. The van der Waals surface area contributed by atoms with Crippen molar-refractivity contribution in [2.75, 3.05) is 5.32 Å². The summed E-state index contributed by atoms with van der Waals surface area (Å²) in [6, 6.07) is 9.26. The number of hydrogen-bond acceptors (Lipinski definition) is 4. The molecule has 1 aromatic carbocycles. The van der Waals surface area contributed by atoms with Crippen LogP contribution in [-0.2, 0) is 5.54 Å². The average molecular weight is 445 g/mol. The van der Waals surface area contributed by atoms with E-state index in [9.17, 15) is 35.9 Å². The Morgan fingerprint density at radius 2 is 1.58 bits per heavy atom. The lowest BCUT2D eigenvalue weighted by Gasteiger charge is -2.34. The van der Waals surface area contributed by atoms with Gasteiger partial charge in [-0.1, -0.05) is 18.2 Å². The van der Waals surface area contributed by atoms with Crippen LogP contribution in [0.5, 0.6) is 0 Å². The van der Waals surface area contributed by atoms with Crippen LogP contribution in [0.3, 0.4) is 0 Å². The molecule has 0 bridgehead atoms. The van der Waals surface area contributed by atoms with E-state index in [1.165, 1.54) is 41.4 Å². The number of furan rings is 1. The third-order valence-electron chi connectivity index (χ3n) is 4.67. The van der Waals surface area contributed by atoms with E-state index in [1.807, 2.05) is 0 Å². The number of amidine groups is 1. The van der Waals surface area contributed by atoms with Crippen LogP contribution in [0.1, 0.15) is 11.3 Å². The number of para-hydroxylation sites is 1. The lowest BCUT2D eigenvalue weighted by atomic mass is 9.88. The van der Waals surface area contributed by atoms with E-state index in [1.54, 1.807) is 4.98 Å². The molecule has 0 unspecified atom stereocenters. The Morgan fingerprint density at radius 1 is 0.935 bits per heavy atom. The van der Waals surface area contributed by atoms with Crippen molar-refractivity contribution >= 4 is 11.7 Å². The van der Waals surface area contributed by atoms with E-state index in [-0.39, 0.29) is 5.69 Å². The number of hydrogen-bond donors (Lipinski definition) is 3. The van der Waals surface area contributed by atoms with E-state index in [2.05, 4.69) is 5.32 Å². The summed E-state index contributed by atoms with van der Waals surface area (Å²) >= 11 is 0. The number of aromatic amines is 1. The molecule has 7 nitrogen and oxygen atoms in total. The second-order valence-electron chi connectivity index (χ2n) is 6.50. The molecule has 0 amide bonds. The van der Waals surface area contributed by atoms with Gasteiger partial charge in [-0.2, -0.15) is 26.3 Å². The molecule has 1 aliphatic rings. The molecule has 31 heavy (non-hydrogen) atoms. The van der Waals surface area contributed by atoms with Crippen LogP contribution >= 0.6 is 0 Å². The van der Waals surface area contributed by atoms with Gasteiger partial charge in [-0.15, -0.1) is 0 Å². The summed E-state index contributed by atoms with van der Waals surface area (Å²) in [5.41, 5.74) is -9.75. The van der Waals surface area contributed by atoms with Gasteiger partial charge in [0.15, 0.2) is 0 Å². The first kappa shape index (κ1) is 20.5. The SMILES string of the molecule is O=c1[nH]c(=O)n(-c2ccccc2)c2c1C(C(F)(F)F)(C(F)(F)F)[NH+]=C(c1ccco1)N2. The molecule has 3 heterocycles. The number of H-pyrrole nitrogens is 1. The Hall–Kier alpha value is -3.77. The zero-order chi connectivity index (χ0) is 22.6. The molecule has 0 saturated carbocycles. The van der Waals surface area contributed by atoms with Crippen LogP contribution < -0.4 is 21.6 Å². The lowest BCUT2D eigenvalue weighted by molar-refractivity contribution is -0.658. The van der Waals surface area contributed by atoms with E-state index in [0.29, 0.717) is 4.57 Å². The molecule has 0 fully saturated rings. The van der Waals surface area contributed by atoms with Crippen molar-refractivity contribution in [1.29, 1.82) is 0 Å². The van der Waals surface area contributed by atoms with Gasteiger partial charge in [-0.3, -0.25) is 9.78 Å². The van der Waals surface area contributed by atoms with Gasteiger partial charge in [0.2, 0.25) is 11.6 Å². The lowest BCUT2D eigenvalue weighted by Crippen LogP contribution is -2.97. The van der Waals surface area contributed by atoms with Crippen molar-refractivity contribution in [2.45, 2.75) is 17.9 Å². The maximum atomic E-state index is 14.1. The third-order valence-corrected chi connectivity index (χ3v) is 4.67. The molecule has 1 aliphatic heterocycles. The summed E-state index contributed by atoms with van der Waals surface area (Å²) in [6.45, 7) is 0. The standard InChI is InChI=1S/C18H10F6N4O3/c19-17(20,21)16(18(22,23)24)11-13(25-12(27-16)10-7-4-8-31-10)28(15(30)26-14(11)29)9-5-2-1-3-6-9/h1-8H,(H,25,27)(H,26,29,30)/p+1. The van der Waals surface area contributed by atoms with Crippen molar-refractivity contribution in [1.82, 2.24) is 9.55 Å². The quantitative estimate of drug-likeness (QED) is 0.520. The van der Waals surface area contributed by atoms with Gasteiger partial charge in [0, 0.05) is 0 Å². The van der Waals surface area contributed by atoms with Crippen LogP contribution in [0, 0.1) is 0 Å². The zero-order valence-electron chi connectivity index (χ0n) is 15.1. The summed E-state index contributed by atoms with van der Waals surface area (Å²) in [7, 11) is 0. The Morgan fingerprint density at radius 3 is 2.13 bits per heavy atom. The molecule has 0 aliphatic carbocycles. The summed E-state index contributed by atoms with van der Waals surface area (Å²) in [5.74, 6) is -2.24. The fourth-order valence-electron chi connectivity index (χ4n) is 3.36. The molecule has 3 N–H and O–H groups in total. The molecule has 2 aromatic heterocycles. The van der Waals surface area contributed by atoms with Gasteiger partial charge in [0.05, 0.1) is 12.0 Å². The van der Waals surface area contributed by atoms with Crippen LogP contribution in [-0.4, -0.2) is 27.7 Å². The highest BCUT2D eigenvalue weighted by atomic mass is 19.4. The van der Waals surface area contributed by atoms with Crippen molar-refractivity contribution < 1.29 is 35.8 Å². The third kappa shape index (κ3) is 2.95. The molecule has 0 atom stereocenters. The van der Waals surface area contributed by atoms with Gasteiger partial charge in [0.25, 0.3) is 5.56 Å². The first-order valence-electron chi connectivity index (χ1n) is 8.52. The van der Waals surface area contributed by atoms with E-state index in [4.69, 9.17) is 4.42 Å². The number of benzene rings is 1. The number of halogens is 6. The predicted octanol–water partition coefficient (Wildman–Crippen LogP) is 1.39. The molecule has 4 rings (SSSR count). The predicted molar refractivity (Wildman–Crippen MR) is 93.9 cm³/mol. The zero-order valence-corrected chi connectivity index (χ0v) is 15.1. The summed E-state index contributed by atoms with van der Waals surface area (Å²) < 4.78 is 90.1. The maximum absolute atomic E-state index is 14.1. The average Bonchev–Trinajstić information content (AvgIpc) is 3.21. The van der Waals surface area contributed by atoms with Gasteiger partial charge >= 0.3 is 29.4 Å². The van der Waals surface area contributed by atoms with Crippen LogP contribution in [0.2, 0.25) is 0 Å². The Bertz CT molecular complexity index is 1260. The number of anilines is 1. The smallest absolute Gasteiger partial charge is 0.446 e. The van der Waals surface area contributed by atoms with Crippen molar-refractivity contribution in [2.24, 2.45) is 0 Å². The van der Waals surface area contributed by atoms with Crippen molar-refractivity contribution in [3.63, 3.8) is 0 Å². The molecule has 0 radical (unpaired) electrons. The van der Waals surface area contributed by atoms with Crippen molar-refractivity contribution in [3.05, 3.63) is 80.9 Å². The fourth-order valence-corrected chi connectivity index (χ4v) is 3.36. The van der Waals surface area contributed by atoms with E-state index >= 15 is 0 Å². The van der Waals surface area contributed by atoms with Crippen LogP contribution in [0.4, 0.5) is 32.2 Å². The minimum Gasteiger partial charge on any atom is -0.456 e. The first-order chi connectivity index (χ1) is 14.5. The molecule has 3 aromatic rings. The number of nitrogens with zero attached hydrogens (tertiary/aromatic N) is 1. The topological polar surface area (TPSA) is 94.0 Å². The van der Waals surface area contributed by atoms with Gasteiger partial charge in [-0.25, -0.2) is 19.7 Å². The Balaban J connectivity index is 2.19. The highest BCUT2D eigenvalue weighted by Gasteiger charge is 2.78. The minimum atomic E-state index is -6.04. The normalized spacial score (nSPS) is 15.7. The highest BCUT2D eigenvalue weighted by Crippen LogP contribution is 2.48.